The van der Waals surface area contributed by atoms with Crippen LogP contribution in [0.15, 0.2) is 16.6 Å². The van der Waals surface area contributed by atoms with Crippen LogP contribution in [0.2, 0.25) is 0 Å². The van der Waals surface area contributed by atoms with Crippen LogP contribution >= 0.6 is 27.7 Å². The fourth-order valence-corrected chi connectivity index (χ4v) is 3.34. The molecule has 0 amide bonds. The monoisotopic (exact) mass is 379 g/mol. The molecule has 1 aromatic rings. The quantitative estimate of drug-likeness (QED) is 0.593. The second kappa shape index (κ2) is 9.80. The normalized spacial score (nSPS) is 14.2. The second-order valence-corrected chi connectivity index (χ2v) is 7.55. The third-order valence-corrected chi connectivity index (χ3v) is 5.54. The minimum Gasteiger partial charge on any atom is -0.313 e. The topological polar surface area (TPSA) is 12.0 Å². The van der Waals surface area contributed by atoms with Gasteiger partial charge in [-0.1, -0.05) is 20.8 Å². The van der Waals surface area contributed by atoms with E-state index in [0.717, 1.165) is 25.1 Å². The van der Waals surface area contributed by atoms with E-state index >= 15 is 0 Å². The van der Waals surface area contributed by atoms with Gasteiger partial charge in [-0.25, -0.2) is 8.78 Å². The van der Waals surface area contributed by atoms with Crippen LogP contribution in [0.4, 0.5) is 8.78 Å². The molecule has 0 heterocycles. The fraction of sp³-hybridized carbons (Fsp3) is 0.625. The first-order valence-electron chi connectivity index (χ1n) is 7.46. The van der Waals surface area contributed by atoms with Gasteiger partial charge < -0.3 is 5.32 Å². The third kappa shape index (κ3) is 6.25. The maximum Gasteiger partial charge on any atom is 0.143 e. The van der Waals surface area contributed by atoms with Crippen molar-refractivity contribution in [2.45, 2.75) is 51.3 Å². The minimum atomic E-state index is -0.480. The molecule has 2 unspecified atom stereocenters. The molecule has 0 aliphatic carbocycles. The van der Waals surface area contributed by atoms with Crippen molar-refractivity contribution in [3.63, 3.8) is 0 Å². The van der Waals surface area contributed by atoms with Gasteiger partial charge in [0.2, 0.25) is 0 Å². The first kappa shape index (κ1) is 18.9. The number of thioether (sulfide) groups is 1. The number of benzene rings is 1. The van der Waals surface area contributed by atoms with Gasteiger partial charge in [0.15, 0.2) is 0 Å². The lowest BCUT2D eigenvalue weighted by atomic mass is 10.1. The van der Waals surface area contributed by atoms with Crippen molar-refractivity contribution in [2.75, 3.05) is 12.3 Å². The first-order valence-corrected chi connectivity index (χ1v) is 9.31. The van der Waals surface area contributed by atoms with Crippen LogP contribution in [0.5, 0.6) is 0 Å². The van der Waals surface area contributed by atoms with Crippen molar-refractivity contribution < 1.29 is 8.78 Å². The first-order chi connectivity index (χ1) is 9.99. The molecular weight excluding hydrogens is 356 g/mol. The number of nitrogens with one attached hydrogen (secondary N) is 1. The SMILES string of the molecule is CCCNC(CSC(C)CC)Cc1c(F)ccc(Br)c1F. The molecule has 0 aliphatic heterocycles. The summed E-state index contributed by atoms with van der Waals surface area (Å²) in [5.41, 5.74) is 0.169. The summed E-state index contributed by atoms with van der Waals surface area (Å²) in [6.45, 7) is 7.29. The molecular formula is C16H24BrF2NS. The maximum absolute atomic E-state index is 14.1. The van der Waals surface area contributed by atoms with E-state index < -0.39 is 11.6 Å². The van der Waals surface area contributed by atoms with Gasteiger partial charge in [-0.2, -0.15) is 11.8 Å². The molecule has 0 radical (unpaired) electrons. The smallest absolute Gasteiger partial charge is 0.143 e. The highest BCUT2D eigenvalue weighted by atomic mass is 79.9. The highest BCUT2D eigenvalue weighted by Gasteiger charge is 2.18. The van der Waals surface area contributed by atoms with Gasteiger partial charge in [0.25, 0.3) is 0 Å². The molecule has 1 aromatic carbocycles. The Labute approximate surface area is 139 Å². The predicted octanol–water partition coefficient (Wildman–Crippen LogP) is 5.17. The van der Waals surface area contributed by atoms with Gasteiger partial charge in [-0.05, 0) is 53.9 Å². The van der Waals surface area contributed by atoms with E-state index in [-0.39, 0.29) is 11.6 Å². The average molecular weight is 380 g/mol. The van der Waals surface area contributed by atoms with Crippen LogP contribution < -0.4 is 5.32 Å². The summed E-state index contributed by atoms with van der Waals surface area (Å²) in [6.07, 6.45) is 2.49. The zero-order valence-electron chi connectivity index (χ0n) is 12.9. The Morgan fingerprint density at radius 2 is 2.00 bits per heavy atom. The Hall–Kier alpha value is -0.130. The molecule has 0 fully saturated rings. The lowest BCUT2D eigenvalue weighted by Crippen LogP contribution is -2.35. The zero-order valence-corrected chi connectivity index (χ0v) is 15.3. The van der Waals surface area contributed by atoms with E-state index in [9.17, 15) is 8.78 Å². The van der Waals surface area contributed by atoms with Crippen LogP contribution in [0, 0.1) is 11.6 Å². The highest BCUT2D eigenvalue weighted by molar-refractivity contribution is 9.10. The maximum atomic E-state index is 14.1. The Balaban J connectivity index is 2.78. The lowest BCUT2D eigenvalue weighted by molar-refractivity contribution is 0.501. The largest absolute Gasteiger partial charge is 0.313 e. The summed E-state index contributed by atoms with van der Waals surface area (Å²) in [5, 5.41) is 3.96. The standard InChI is InChI=1S/C16H24BrF2NS/c1-4-8-20-12(10-21-11(3)5-2)9-13-15(18)7-6-14(17)16(13)19/h6-7,11-12,20H,4-5,8-10H2,1-3H3. The van der Waals surface area contributed by atoms with Crippen molar-refractivity contribution in [1.29, 1.82) is 0 Å². The van der Waals surface area contributed by atoms with Gasteiger partial charge in [0.1, 0.15) is 11.6 Å². The molecule has 0 spiro atoms. The Morgan fingerprint density at radius 3 is 2.62 bits per heavy atom. The van der Waals surface area contributed by atoms with Crippen molar-refractivity contribution in [2.24, 2.45) is 0 Å². The van der Waals surface area contributed by atoms with E-state index in [4.69, 9.17) is 0 Å². The van der Waals surface area contributed by atoms with E-state index in [0.29, 0.717) is 16.1 Å². The molecule has 0 aliphatic rings. The van der Waals surface area contributed by atoms with E-state index in [1.807, 2.05) is 11.8 Å². The third-order valence-electron chi connectivity index (χ3n) is 3.43. The van der Waals surface area contributed by atoms with Crippen LogP contribution in [0.1, 0.15) is 39.2 Å². The Morgan fingerprint density at radius 1 is 1.29 bits per heavy atom. The molecule has 1 nitrogen and oxygen atoms in total. The van der Waals surface area contributed by atoms with Crippen molar-refractivity contribution >= 4 is 27.7 Å². The van der Waals surface area contributed by atoms with Crippen LogP contribution in [-0.4, -0.2) is 23.6 Å². The van der Waals surface area contributed by atoms with Crippen molar-refractivity contribution in [3.8, 4) is 0 Å². The summed E-state index contributed by atoms with van der Waals surface area (Å²) < 4.78 is 28.3. The van der Waals surface area contributed by atoms with Crippen LogP contribution in [-0.2, 0) is 6.42 Å². The van der Waals surface area contributed by atoms with Gasteiger partial charge in [0, 0.05) is 22.6 Å². The molecule has 1 rings (SSSR count). The van der Waals surface area contributed by atoms with E-state index in [1.54, 1.807) is 0 Å². The molecule has 120 valence electrons. The van der Waals surface area contributed by atoms with E-state index in [1.165, 1.54) is 12.1 Å². The van der Waals surface area contributed by atoms with Crippen molar-refractivity contribution in [1.82, 2.24) is 5.32 Å². The Kier molecular flexibility index (Phi) is 8.83. The highest BCUT2D eigenvalue weighted by Crippen LogP contribution is 2.24. The Bertz CT molecular complexity index is 443. The summed E-state index contributed by atoms with van der Waals surface area (Å²) >= 11 is 4.98. The fourth-order valence-electron chi connectivity index (χ4n) is 1.94. The molecule has 0 aromatic heterocycles. The number of rotatable bonds is 9. The molecule has 0 saturated heterocycles. The number of hydrogen-bond donors (Lipinski definition) is 1. The molecule has 1 N–H and O–H groups in total. The van der Waals surface area contributed by atoms with Gasteiger partial charge >= 0.3 is 0 Å². The summed E-state index contributed by atoms with van der Waals surface area (Å²) in [7, 11) is 0. The molecule has 2 atom stereocenters. The summed E-state index contributed by atoms with van der Waals surface area (Å²) in [4.78, 5) is 0. The molecule has 0 bridgehead atoms. The average Bonchev–Trinajstić information content (AvgIpc) is 2.49. The lowest BCUT2D eigenvalue weighted by Gasteiger charge is -2.21. The van der Waals surface area contributed by atoms with Crippen molar-refractivity contribution in [3.05, 3.63) is 33.8 Å². The van der Waals surface area contributed by atoms with Gasteiger partial charge in [0.05, 0.1) is 4.47 Å². The molecule has 21 heavy (non-hydrogen) atoms. The van der Waals surface area contributed by atoms with E-state index in [2.05, 4.69) is 42.0 Å². The second-order valence-electron chi connectivity index (χ2n) is 5.23. The molecule has 0 saturated carbocycles. The molecule has 5 heteroatoms. The van der Waals surface area contributed by atoms with Crippen LogP contribution in [0.25, 0.3) is 0 Å². The van der Waals surface area contributed by atoms with Crippen LogP contribution in [0.3, 0.4) is 0 Å². The number of halogens is 3. The summed E-state index contributed by atoms with van der Waals surface area (Å²) in [6, 6.07) is 2.82. The van der Waals surface area contributed by atoms with Gasteiger partial charge in [-0.15, -0.1) is 0 Å². The number of hydrogen-bond acceptors (Lipinski definition) is 2. The minimum absolute atomic E-state index is 0.0854. The predicted molar refractivity (Wildman–Crippen MR) is 92.1 cm³/mol. The summed E-state index contributed by atoms with van der Waals surface area (Å²) in [5.74, 6) is -0.0835. The van der Waals surface area contributed by atoms with Gasteiger partial charge in [-0.3, -0.25) is 0 Å². The zero-order chi connectivity index (χ0) is 15.8.